The first-order chi connectivity index (χ1) is 13.3. The van der Waals surface area contributed by atoms with Crippen LogP contribution in [0.1, 0.15) is 56.6 Å². The van der Waals surface area contributed by atoms with Gasteiger partial charge >= 0.3 is 0 Å². The third kappa shape index (κ3) is 6.68. The number of nitrogens with one attached hydrogen (secondary N) is 2. The van der Waals surface area contributed by atoms with Gasteiger partial charge in [-0.2, -0.15) is 0 Å². The predicted octanol–water partition coefficient (Wildman–Crippen LogP) is 5.40. The van der Waals surface area contributed by atoms with E-state index >= 15 is 0 Å². The second-order valence-electron chi connectivity index (χ2n) is 7.14. The number of carbonyl (C=O) groups excluding carboxylic acids is 1. The van der Waals surface area contributed by atoms with Crippen molar-refractivity contribution in [3.05, 3.63) is 53.6 Å². The van der Waals surface area contributed by atoms with Crippen LogP contribution in [-0.2, 0) is 14.8 Å². The lowest BCUT2D eigenvalue weighted by Gasteiger charge is -2.11. The van der Waals surface area contributed by atoms with Gasteiger partial charge in [-0.25, -0.2) is 8.42 Å². The molecule has 0 spiro atoms. The maximum atomic E-state index is 12.6. The van der Waals surface area contributed by atoms with Gasteiger partial charge in [0.25, 0.3) is 10.0 Å². The molecule has 0 aliphatic rings. The molecule has 0 bridgehead atoms. The number of hydrogen-bond donors (Lipinski definition) is 2. The average Bonchev–Trinajstić information content (AvgIpc) is 2.65. The zero-order chi connectivity index (χ0) is 20.6. The number of hydrogen-bond acceptors (Lipinski definition) is 3. The highest BCUT2D eigenvalue weighted by Crippen LogP contribution is 2.20. The van der Waals surface area contributed by atoms with Gasteiger partial charge in [0.05, 0.1) is 4.90 Å². The third-order valence-corrected chi connectivity index (χ3v) is 6.11. The molecule has 152 valence electrons. The quantitative estimate of drug-likeness (QED) is 0.522. The largest absolute Gasteiger partial charge is 0.326 e. The van der Waals surface area contributed by atoms with Crippen LogP contribution in [0.3, 0.4) is 0 Å². The SMILES string of the molecule is CCCCCCCC(=O)Nc1ccc(S(=O)(=O)Nc2ccc(C)c(C)c2)cc1. The van der Waals surface area contributed by atoms with Crippen LogP contribution < -0.4 is 10.0 Å². The van der Waals surface area contributed by atoms with E-state index in [1.165, 1.54) is 25.0 Å². The summed E-state index contributed by atoms with van der Waals surface area (Å²) in [5, 5.41) is 2.82. The molecule has 2 aromatic carbocycles. The summed E-state index contributed by atoms with van der Waals surface area (Å²) in [6, 6.07) is 11.7. The molecule has 1 amide bonds. The van der Waals surface area contributed by atoms with E-state index in [-0.39, 0.29) is 10.8 Å². The smallest absolute Gasteiger partial charge is 0.261 e. The summed E-state index contributed by atoms with van der Waals surface area (Å²) in [6.07, 6.45) is 5.95. The first-order valence-electron chi connectivity index (χ1n) is 9.82. The van der Waals surface area contributed by atoms with E-state index in [2.05, 4.69) is 17.0 Å². The van der Waals surface area contributed by atoms with Crippen molar-refractivity contribution in [3.63, 3.8) is 0 Å². The van der Waals surface area contributed by atoms with Crippen molar-refractivity contribution in [1.29, 1.82) is 0 Å². The maximum absolute atomic E-state index is 12.6. The van der Waals surface area contributed by atoms with Gasteiger partial charge in [-0.1, -0.05) is 38.7 Å². The molecule has 0 saturated heterocycles. The van der Waals surface area contributed by atoms with Gasteiger partial charge in [-0.15, -0.1) is 0 Å². The Balaban J connectivity index is 1.93. The molecule has 6 heteroatoms. The minimum absolute atomic E-state index is 0.0413. The summed E-state index contributed by atoms with van der Waals surface area (Å²) in [4.78, 5) is 12.1. The molecule has 5 nitrogen and oxygen atoms in total. The normalized spacial score (nSPS) is 11.2. The molecule has 0 fully saturated rings. The fourth-order valence-electron chi connectivity index (χ4n) is 2.85. The van der Waals surface area contributed by atoms with Crippen LogP contribution in [0, 0.1) is 13.8 Å². The van der Waals surface area contributed by atoms with E-state index in [1.54, 1.807) is 18.2 Å². The van der Waals surface area contributed by atoms with E-state index in [1.807, 2.05) is 26.0 Å². The van der Waals surface area contributed by atoms with Crippen molar-refractivity contribution in [2.24, 2.45) is 0 Å². The van der Waals surface area contributed by atoms with Crippen LogP contribution in [0.25, 0.3) is 0 Å². The minimum Gasteiger partial charge on any atom is -0.326 e. The van der Waals surface area contributed by atoms with Crippen LogP contribution >= 0.6 is 0 Å². The van der Waals surface area contributed by atoms with E-state index in [0.717, 1.165) is 30.4 Å². The van der Waals surface area contributed by atoms with E-state index in [4.69, 9.17) is 0 Å². The summed E-state index contributed by atoms with van der Waals surface area (Å²) in [5.41, 5.74) is 3.26. The Labute approximate surface area is 168 Å². The Morgan fingerprint density at radius 3 is 2.14 bits per heavy atom. The van der Waals surface area contributed by atoms with Crippen molar-refractivity contribution < 1.29 is 13.2 Å². The molecular formula is C22H30N2O3S. The Morgan fingerprint density at radius 1 is 0.857 bits per heavy atom. The molecule has 0 aliphatic carbocycles. The highest BCUT2D eigenvalue weighted by atomic mass is 32.2. The van der Waals surface area contributed by atoms with Gasteiger partial charge in [-0.05, 0) is 67.8 Å². The van der Waals surface area contributed by atoms with Crippen molar-refractivity contribution >= 4 is 27.3 Å². The van der Waals surface area contributed by atoms with E-state index < -0.39 is 10.0 Å². The molecule has 2 rings (SSSR count). The fourth-order valence-corrected chi connectivity index (χ4v) is 3.90. The number of unbranched alkanes of at least 4 members (excludes halogenated alkanes) is 4. The Kier molecular flexibility index (Phi) is 8.05. The molecule has 0 heterocycles. The lowest BCUT2D eigenvalue weighted by Crippen LogP contribution is -2.14. The van der Waals surface area contributed by atoms with Crippen LogP contribution in [0.4, 0.5) is 11.4 Å². The number of benzene rings is 2. The van der Waals surface area contributed by atoms with Gasteiger partial charge in [0, 0.05) is 17.8 Å². The van der Waals surface area contributed by atoms with Crippen LogP contribution in [0.15, 0.2) is 47.4 Å². The van der Waals surface area contributed by atoms with Crippen molar-refractivity contribution in [1.82, 2.24) is 0 Å². The van der Waals surface area contributed by atoms with Crippen LogP contribution in [0.2, 0.25) is 0 Å². The number of aryl methyl sites for hydroxylation is 2. The first-order valence-corrected chi connectivity index (χ1v) is 11.3. The summed E-state index contributed by atoms with van der Waals surface area (Å²) >= 11 is 0. The summed E-state index contributed by atoms with van der Waals surface area (Å²) in [6.45, 7) is 6.08. The number of sulfonamides is 1. The van der Waals surface area contributed by atoms with Gasteiger partial charge in [0.15, 0.2) is 0 Å². The molecular weight excluding hydrogens is 372 g/mol. The summed E-state index contributed by atoms with van der Waals surface area (Å²) < 4.78 is 27.7. The molecule has 0 aliphatic heterocycles. The number of amides is 1. The molecule has 0 saturated carbocycles. The lowest BCUT2D eigenvalue weighted by atomic mass is 10.1. The van der Waals surface area contributed by atoms with Gasteiger partial charge in [-0.3, -0.25) is 9.52 Å². The highest BCUT2D eigenvalue weighted by Gasteiger charge is 2.14. The van der Waals surface area contributed by atoms with Gasteiger partial charge in [0.1, 0.15) is 0 Å². The monoisotopic (exact) mass is 402 g/mol. The zero-order valence-electron chi connectivity index (χ0n) is 16.9. The van der Waals surface area contributed by atoms with Gasteiger partial charge < -0.3 is 5.32 Å². The Hall–Kier alpha value is -2.34. The fraction of sp³-hybridized carbons (Fsp3) is 0.409. The molecule has 0 atom stereocenters. The molecule has 0 aromatic heterocycles. The lowest BCUT2D eigenvalue weighted by molar-refractivity contribution is -0.116. The maximum Gasteiger partial charge on any atom is 0.261 e. The minimum atomic E-state index is -3.67. The van der Waals surface area contributed by atoms with Gasteiger partial charge in [0.2, 0.25) is 5.91 Å². The summed E-state index contributed by atoms with van der Waals surface area (Å²) in [7, 11) is -3.67. The van der Waals surface area contributed by atoms with Crippen molar-refractivity contribution in [2.45, 2.75) is 64.2 Å². The Morgan fingerprint density at radius 2 is 1.50 bits per heavy atom. The molecule has 0 unspecified atom stereocenters. The topological polar surface area (TPSA) is 75.3 Å². The van der Waals surface area contributed by atoms with E-state index in [9.17, 15) is 13.2 Å². The average molecular weight is 403 g/mol. The summed E-state index contributed by atoms with van der Waals surface area (Å²) in [5.74, 6) is -0.0413. The number of anilines is 2. The number of carbonyl (C=O) groups is 1. The van der Waals surface area contributed by atoms with Crippen LogP contribution in [-0.4, -0.2) is 14.3 Å². The second-order valence-corrected chi connectivity index (χ2v) is 8.82. The number of rotatable bonds is 10. The molecule has 2 aromatic rings. The van der Waals surface area contributed by atoms with Crippen molar-refractivity contribution in [3.8, 4) is 0 Å². The van der Waals surface area contributed by atoms with Crippen molar-refractivity contribution in [2.75, 3.05) is 10.0 Å². The first kappa shape index (κ1) is 22.0. The zero-order valence-corrected chi connectivity index (χ0v) is 17.7. The predicted molar refractivity (Wildman–Crippen MR) is 115 cm³/mol. The highest BCUT2D eigenvalue weighted by molar-refractivity contribution is 7.92. The standard InChI is InChI=1S/C22H30N2O3S/c1-4-5-6-7-8-9-22(25)23-19-12-14-21(15-13-19)28(26,27)24-20-11-10-17(2)18(3)16-20/h10-16,24H,4-9H2,1-3H3,(H,23,25). The Bertz CT molecular complexity index is 890. The second kappa shape index (κ2) is 10.3. The molecule has 0 radical (unpaired) electrons. The van der Waals surface area contributed by atoms with Crippen LogP contribution in [0.5, 0.6) is 0 Å². The third-order valence-electron chi connectivity index (χ3n) is 4.71. The van der Waals surface area contributed by atoms with E-state index in [0.29, 0.717) is 17.8 Å². The molecule has 28 heavy (non-hydrogen) atoms. The molecule has 2 N–H and O–H groups in total.